The second-order valence-electron chi connectivity index (χ2n) is 13.4. The van der Waals surface area contributed by atoms with Gasteiger partial charge in [0, 0.05) is 6.42 Å². The Labute approximate surface area is 259 Å². The molecule has 0 saturated carbocycles. The Bertz CT molecular complexity index is 634. The Morgan fingerprint density at radius 1 is 0.415 bits per heavy atom. The van der Waals surface area contributed by atoms with E-state index in [0.29, 0.717) is 0 Å². The first-order valence-electron chi connectivity index (χ1n) is 19.4. The molecular formula is C39H77N2+. The number of imidazole rings is 1. The lowest BCUT2D eigenvalue weighted by molar-refractivity contribution is -0.704. The largest absolute Gasteiger partial charge is 0.256 e. The first-order chi connectivity index (χ1) is 20.3. The quantitative estimate of drug-likeness (QED) is 0.0584. The smallest absolute Gasteiger partial charge is 0.234 e. The number of rotatable bonds is 33. The van der Waals surface area contributed by atoms with Gasteiger partial charge in [-0.3, -0.25) is 0 Å². The van der Waals surface area contributed by atoms with E-state index in [1.165, 1.54) is 212 Å². The van der Waals surface area contributed by atoms with Crippen LogP contribution < -0.4 is 4.57 Å². The van der Waals surface area contributed by atoms with Crippen LogP contribution in [0.5, 0.6) is 0 Å². The topological polar surface area (TPSA) is 8.81 Å². The molecule has 1 aromatic rings. The van der Waals surface area contributed by atoms with Crippen molar-refractivity contribution in [2.75, 3.05) is 0 Å². The molecule has 0 aliphatic carbocycles. The van der Waals surface area contributed by atoms with Crippen LogP contribution in [0.4, 0.5) is 0 Å². The Hall–Kier alpha value is -0.790. The lowest BCUT2D eigenvalue weighted by Gasteiger charge is -2.07. The number of aromatic nitrogens is 2. The van der Waals surface area contributed by atoms with Gasteiger partial charge in [-0.15, -0.1) is 0 Å². The second kappa shape index (κ2) is 30.7. The van der Waals surface area contributed by atoms with E-state index in [4.69, 9.17) is 0 Å². The van der Waals surface area contributed by atoms with Crippen molar-refractivity contribution in [3.05, 3.63) is 18.2 Å². The van der Waals surface area contributed by atoms with E-state index in [1.54, 1.807) is 5.82 Å². The number of nitrogens with zero attached hydrogens (tertiary/aromatic N) is 2. The Kier molecular flexibility index (Phi) is 28.6. The van der Waals surface area contributed by atoms with Crippen molar-refractivity contribution in [1.29, 1.82) is 0 Å². The fraction of sp³-hybridized carbons (Fsp3) is 0.923. The van der Waals surface area contributed by atoms with Gasteiger partial charge < -0.3 is 0 Å². The molecule has 0 unspecified atom stereocenters. The number of unbranched alkanes of at least 4 members (excludes halogenated alkanes) is 27. The van der Waals surface area contributed by atoms with Crippen LogP contribution in [0, 0.1) is 0 Å². The van der Waals surface area contributed by atoms with Crippen LogP contribution in [0.1, 0.15) is 219 Å². The highest BCUT2D eigenvalue weighted by Crippen LogP contribution is 2.15. The monoisotopic (exact) mass is 574 g/mol. The molecule has 1 aromatic heterocycles. The van der Waals surface area contributed by atoms with Crippen molar-refractivity contribution in [2.45, 2.75) is 233 Å². The third-order valence-electron chi connectivity index (χ3n) is 9.35. The van der Waals surface area contributed by atoms with E-state index in [0.717, 1.165) is 0 Å². The van der Waals surface area contributed by atoms with Crippen molar-refractivity contribution in [2.24, 2.45) is 0 Å². The molecule has 0 saturated heterocycles. The van der Waals surface area contributed by atoms with E-state index in [-0.39, 0.29) is 0 Å². The van der Waals surface area contributed by atoms with Crippen molar-refractivity contribution >= 4 is 0 Å². The average molecular weight is 574 g/mol. The van der Waals surface area contributed by atoms with Crippen molar-refractivity contribution < 1.29 is 4.57 Å². The second-order valence-corrected chi connectivity index (χ2v) is 13.4. The minimum absolute atomic E-state index is 1.23. The summed E-state index contributed by atoms with van der Waals surface area (Å²) in [6.45, 7) is 9.40. The third kappa shape index (κ3) is 23.4. The van der Waals surface area contributed by atoms with Gasteiger partial charge in [-0.05, 0) is 32.1 Å². The van der Waals surface area contributed by atoms with E-state index < -0.39 is 0 Å². The molecule has 0 atom stereocenters. The van der Waals surface area contributed by atoms with Crippen LogP contribution in [0.15, 0.2) is 12.4 Å². The minimum atomic E-state index is 1.23. The van der Waals surface area contributed by atoms with Gasteiger partial charge in [0.15, 0.2) is 0 Å². The molecule has 41 heavy (non-hydrogen) atoms. The zero-order valence-electron chi connectivity index (χ0n) is 28.9. The number of aryl methyl sites for hydroxylation is 2. The fourth-order valence-electron chi connectivity index (χ4n) is 6.50. The molecule has 0 bridgehead atoms. The van der Waals surface area contributed by atoms with Crippen molar-refractivity contribution in [1.82, 2.24) is 4.57 Å². The lowest BCUT2D eigenvalue weighted by atomic mass is 10.0. The van der Waals surface area contributed by atoms with E-state index in [1.807, 2.05) is 0 Å². The van der Waals surface area contributed by atoms with Gasteiger partial charge in [0.05, 0.1) is 13.1 Å². The zero-order valence-corrected chi connectivity index (χ0v) is 28.9. The molecule has 0 radical (unpaired) electrons. The molecule has 0 aliphatic heterocycles. The molecule has 242 valence electrons. The first-order valence-corrected chi connectivity index (χ1v) is 19.4. The van der Waals surface area contributed by atoms with Crippen LogP contribution in [0.25, 0.3) is 0 Å². The molecule has 0 amide bonds. The van der Waals surface area contributed by atoms with Gasteiger partial charge in [0.1, 0.15) is 12.4 Å². The van der Waals surface area contributed by atoms with E-state index >= 15 is 0 Å². The molecule has 1 rings (SSSR count). The molecule has 0 spiro atoms. The first kappa shape index (κ1) is 38.2. The van der Waals surface area contributed by atoms with Gasteiger partial charge in [0.2, 0.25) is 0 Å². The minimum Gasteiger partial charge on any atom is -0.234 e. The molecular weight excluding hydrogens is 496 g/mol. The summed E-state index contributed by atoms with van der Waals surface area (Å²) in [4.78, 5) is 0. The Morgan fingerprint density at radius 2 is 0.756 bits per heavy atom. The van der Waals surface area contributed by atoms with Crippen LogP contribution in [0.3, 0.4) is 0 Å². The predicted octanol–water partition coefficient (Wildman–Crippen LogP) is 13.1. The summed E-state index contributed by atoms with van der Waals surface area (Å²) in [6.07, 6.45) is 48.9. The molecule has 0 aromatic carbocycles. The highest BCUT2D eigenvalue weighted by atomic mass is 15.1. The lowest BCUT2D eigenvalue weighted by Crippen LogP contribution is -2.37. The maximum Gasteiger partial charge on any atom is 0.256 e. The maximum atomic E-state index is 2.63. The highest BCUT2D eigenvalue weighted by Gasteiger charge is 2.16. The highest BCUT2D eigenvalue weighted by molar-refractivity contribution is 4.84. The average Bonchev–Trinajstić information content (AvgIpc) is 3.37. The van der Waals surface area contributed by atoms with Gasteiger partial charge in [-0.25, -0.2) is 9.13 Å². The summed E-state index contributed by atoms with van der Waals surface area (Å²) in [5.74, 6) is 1.62. The van der Waals surface area contributed by atoms with E-state index in [9.17, 15) is 0 Å². The van der Waals surface area contributed by atoms with Crippen LogP contribution in [-0.4, -0.2) is 4.57 Å². The molecule has 0 aliphatic rings. The maximum absolute atomic E-state index is 2.63. The molecule has 2 nitrogen and oxygen atoms in total. The summed E-state index contributed by atoms with van der Waals surface area (Å²) in [5, 5.41) is 0. The van der Waals surface area contributed by atoms with Gasteiger partial charge in [-0.2, -0.15) is 0 Å². The summed E-state index contributed by atoms with van der Waals surface area (Å²) in [7, 11) is 0. The van der Waals surface area contributed by atoms with Gasteiger partial charge in [-0.1, -0.05) is 181 Å². The molecule has 0 N–H and O–H groups in total. The summed E-state index contributed by atoms with van der Waals surface area (Å²) in [5.41, 5.74) is 0. The SMILES string of the molecule is CCCCCCCCCCCCCCCc1n(CCCCCCCCCC)cc[n+]1CCCCCCCCCCC. The van der Waals surface area contributed by atoms with Crippen molar-refractivity contribution in [3.63, 3.8) is 0 Å². The van der Waals surface area contributed by atoms with Crippen LogP contribution in [-0.2, 0) is 19.5 Å². The number of hydrogen-bond acceptors (Lipinski definition) is 0. The third-order valence-corrected chi connectivity index (χ3v) is 9.35. The van der Waals surface area contributed by atoms with Crippen molar-refractivity contribution in [3.8, 4) is 0 Å². The Morgan fingerprint density at radius 3 is 1.17 bits per heavy atom. The Balaban J connectivity index is 2.30. The molecule has 0 fully saturated rings. The van der Waals surface area contributed by atoms with Crippen LogP contribution >= 0.6 is 0 Å². The summed E-state index contributed by atoms with van der Waals surface area (Å²) in [6, 6.07) is 0. The van der Waals surface area contributed by atoms with Gasteiger partial charge >= 0.3 is 0 Å². The molecule has 2 heteroatoms. The normalized spacial score (nSPS) is 11.6. The fourth-order valence-corrected chi connectivity index (χ4v) is 6.50. The predicted molar refractivity (Wildman–Crippen MR) is 184 cm³/mol. The number of hydrogen-bond donors (Lipinski definition) is 0. The zero-order chi connectivity index (χ0) is 29.5. The van der Waals surface area contributed by atoms with E-state index in [2.05, 4.69) is 42.3 Å². The van der Waals surface area contributed by atoms with Crippen LogP contribution in [0.2, 0.25) is 0 Å². The molecule has 1 heterocycles. The summed E-state index contributed by atoms with van der Waals surface area (Å²) >= 11 is 0. The standard InChI is InChI=1S/C39H77N2/c1-4-7-10-13-16-19-20-21-22-23-25-28-31-34-39-40(35-32-29-26-18-15-12-9-6-3)37-38-41(39)36-33-30-27-24-17-14-11-8-5-2/h37-38H,4-36H2,1-3H3/q+1. The van der Waals surface area contributed by atoms with Gasteiger partial charge in [0.25, 0.3) is 5.82 Å². The summed E-state index contributed by atoms with van der Waals surface area (Å²) < 4.78 is 5.26.